The van der Waals surface area contributed by atoms with Gasteiger partial charge in [0.2, 0.25) is 0 Å². The number of hydrazine groups is 1. The van der Waals surface area contributed by atoms with E-state index in [0.29, 0.717) is 12.5 Å². The van der Waals surface area contributed by atoms with E-state index in [-0.39, 0.29) is 11.1 Å². The van der Waals surface area contributed by atoms with E-state index >= 15 is 0 Å². The van der Waals surface area contributed by atoms with Crippen molar-refractivity contribution in [3.8, 4) is 0 Å². The first-order valence-electron chi connectivity index (χ1n) is 5.21. The molecular formula is C11H14ClFN2O. The van der Waals surface area contributed by atoms with E-state index in [0.717, 1.165) is 18.6 Å². The fourth-order valence-electron chi connectivity index (χ4n) is 2.03. The largest absolute Gasteiger partial charge is 0.381 e. The van der Waals surface area contributed by atoms with Gasteiger partial charge in [0.05, 0.1) is 17.7 Å². The molecule has 0 bridgehead atoms. The van der Waals surface area contributed by atoms with Crippen molar-refractivity contribution in [1.82, 2.24) is 5.43 Å². The van der Waals surface area contributed by atoms with Gasteiger partial charge >= 0.3 is 0 Å². The number of halogens is 2. The first kappa shape index (κ1) is 11.8. The summed E-state index contributed by atoms with van der Waals surface area (Å²) in [5, 5.41) is 0.122. The molecular weight excluding hydrogens is 231 g/mol. The zero-order chi connectivity index (χ0) is 11.5. The summed E-state index contributed by atoms with van der Waals surface area (Å²) >= 11 is 5.75. The third-order valence-corrected chi connectivity index (χ3v) is 3.21. The third-order valence-electron chi connectivity index (χ3n) is 2.92. The van der Waals surface area contributed by atoms with Gasteiger partial charge in [-0.05, 0) is 24.1 Å². The van der Waals surface area contributed by atoms with Crippen molar-refractivity contribution >= 4 is 11.6 Å². The summed E-state index contributed by atoms with van der Waals surface area (Å²) in [5.41, 5.74) is 3.64. The van der Waals surface area contributed by atoms with Gasteiger partial charge in [-0.2, -0.15) is 0 Å². The highest BCUT2D eigenvalue weighted by molar-refractivity contribution is 6.30. The van der Waals surface area contributed by atoms with Gasteiger partial charge in [0.15, 0.2) is 0 Å². The molecule has 2 atom stereocenters. The number of hydrogen-bond donors (Lipinski definition) is 2. The smallest absolute Gasteiger partial charge is 0.141 e. The molecule has 1 saturated heterocycles. The van der Waals surface area contributed by atoms with Crippen LogP contribution in [-0.4, -0.2) is 13.2 Å². The lowest BCUT2D eigenvalue weighted by Gasteiger charge is -2.22. The first-order chi connectivity index (χ1) is 7.72. The summed E-state index contributed by atoms with van der Waals surface area (Å²) in [6.07, 6.45) is 0.948. The van der Waals surface area contributed by atoms with Crippen molar-refractivity contribution in [3.63, 3.8) is 0 Å². The highest BCUT2D eigenvalue weighted by Crippen LogP contribution is 2.30. The molecule has 0 amide bonds. The van der Waals surface area contributed by atoms with Crippen molar-refractivity contribution in [2.45, 2.75) is 12.5 Å². The molecule has 3 N–H and O–H groups in total. The molecule has 1 fully saturated rings. The predicted molar refractivity (Wildman–Crippen MR) is 60.4 cm³/mol. The van der Waals surface area contributed by atoms with Crippen LogP contribution >= 0.6 is 11.6 Å². The van der Waals surface area contributed by atoms with Crippen LogP contribution in [0.4, 0.5) is 4.39 Å². The Morgan fingerprint density at radius 3 is 2.94 bits per heavy atom. The molecule has 1 aliphatic heterocycles. The molecule has 0 aromatic heterocycles. The SMILES string of the molecule is NNC(c1ccc(F)c(Cl)c1)C1CCOC1. The highest BCUT2D eigenvalue weighted by atomic mass is 35.5. The van der Waals surface area contributed by atoms with E-state index in [1.807, 2.05) is 0 Å². The Kier molecular flexibility index (Phi) is 3.76. The zero-order valence-corrected chi connectivity index (χ0v) is 9.51. The van der Waals surface area contributed by atoms with Crippen LogP contribution in [0.25, 0.3) is 0 Å². The summed E-state index contributed by atoms with van der Waals surface area (Å²) in [6, 6.07) is 4.63. The van der Waals surface area contributed by atoms with Gasteiger partial charge in [-0.25, -0.2) is 4.39 Å². The van der Waals surface area contributed by atoms with Crippen molar-refractivity contribution < 1.29 is 9.13 Å². The Labute approximate surface area is 98.7 Å². The lowest BCUT2D eigenvalue weighted by Crippen LogP contribution is -2.33. The maximum Gasteiger partial charge on any atom is 0.141 e. The van der Waals surface area contributed by atoms with Gasteiger partial charge in [-0.15, -0.1) is 0 Å². The molecule has 3 nitrogen and oxygen atoms in total. The van der Waals surface area contributed by atoms with E-state index in [1.165, 1.54) is 6.07 Å². The Bertz CT molecular complexity index is 369. The average Bonchev–Trinajstić information content (AvgIpc) is 2.78. The number of hydrogen-bond acceptors (Lipinski definition) is 3. The number of ether oxygens (including phenoxy) is 1. The number of benzene rings is 1. The molecule has 16 heavy (non-hydrogen) atoms. The second-order valence-electron chi connectivity index (χ2n) is 3.94. The summed E-state index contributed by atoms with van der Waals surface area (Å²) in [6.45, 7) is 1.42. The van der Waals surface area contributed by atoms with Gasteiger partial charge < -0.3 is 4.74 Å². The van der Waals surface area contributed by atoms with Crippen LogP contribution in [-0.2, 0) is 4.74 Å². The molecule has 2 unspecified atom stereocenters. The van der Waals surface area contributed by atoms with Gasteiger partial charge in [0.1, 0.15) is 5.82 Å². The van der Waals surface area contributed by atoms with Crippen LogP contribution in [0.1, 0.15) is 18.0 Å². The molecule has 1 aromatic rings. The molecule has 1 aromatic carbocycles. The molecule has 0 spiro atoms. The number of nitrogens with two attached hydrogens (primary N) is 1. The fourth-order valence-corrected chi connectivity index (χ4v) is 2.21. The number of nitrogens with one attached hydrogen (secondary N) is 1. The number of rotatable bonds is 3. The topological polar surface area (TPSA) is 47.3 Å². The summed E-state index contributed by atoms with van der Waals surface area (Å²) in [4.78, 5) is 0. The minimum atomic E-state index is -0.413. The van der Waals surface area contributed by atoms with Crippen LogP contribution in [0.5, 0.6) is 0 Å². The van der Waals surface area contributed by atoms with Crippen molar-refractivity contribution in [1.29, 1.82) is 0 Å². The van der Waals surface area contributed by atoms with E-state index in [2.05, 4.69) is 5.43 Å². The van der Waals surface area contributed by atoms with E-state index in [4.69, 9.17) is 22.2 Å². The molecule has 0 saturated carbocycles. The quantitative estimate of drug-likeness (QED) is 0.632. The minimum absolute atomic E-state index is 0.0411. The van der Waals surface area contributed by atoms with Gasteiger partial charge in [0, 0.05) is 12.5 Å². The zero-order valence-electron chi connectivity index (χ0n) is 8.75. The molecule has 1 aliphatic rings. The van der Waals surface area contributed by atoms with E-state index < -0.39 is 5.82 Å². The minimum Gasteiger partial charge on any atom is -0.381 e. The fraction of sp³-hybridized carbons (Fsp3) is 0.455. The summed E-state index contributed by atoms with van der Waals surface area (Å²) < 4.78 is 18.3. The predicted octanol–water partition coefficient (Wildman–Crippen LogP) is 2.02. The summed E-state index contributed by atoms with van der Waals surface area (Å²) in [5.74, 6) is 5.43. The third kappa shape index (κ3) is 2.35. The molecule has 2 rings (SSSR count). The van der Waals surface area contributed by atoms with Gasteiger partial charge in [-0.3, -0.25) is 11.3 Å². The maximum absolute atomic E-state index is 13.0. The van der Waals surface area contributed by atoms with Gasteiger partial charge in [-0.1, -0.05) is 17.7 Å². The molecule has 0 radical (unpaired) electrons. The van der Waals surface area contributed by atoms with Crippen LogP contribution in [0, 0.1) is 11.7 Å². The van der Waals surface area contributed by atoms with Gasteiger partial charge in [0.25, 0.3) is 0 Å². The lowest BCUT2D eigenvalue weighted by atomic mass is 9.93. The second-order valence-corrected chi connectivity index (χ2v) is 4.35. The first-order valence-corrected chi connectivity index (χ1v) is 5.59. The second kappa shape index (κ2) is 5.10. The highest BCUT2D eigenvalue weighted by Gasteiger charge is 2.26. The van der Waals surface area contributed by atoms with Crippen LogP contribution in [0.3, 0.4) is 0 Å². The monoisotopic (exact) mass is 244 g/mol. The standard InChI is InChI=1S/C11H14ClFN2O/c12-9-5-7(1-2-10(9)13)11(15-14)8-3-4-16-6-8/h1-2,5,8,11,15H,3-4,6,14H2. The molecule has 88 valence electrons. The maximum atomic E-state index is 13.0. The molecule has 1 heterocycles. The molecule has 0 aliphatic carbocycles. The van der Waals surface area contributed by atoms with Crippen LogP contribution < -0.4 is 11.3 Å². The van der Waals surface area contributed by atoms with E-state index in [1.54, 1.807) is 12.1 Å². The van der Waals surface area contributed by atoms with Crippen molar-refractivity contribution in [2.75, 3.05) is 13.2 Å². The van der Waals surface area contributed by atoms with Crippen molar-refractivity contribution in [3.05, 3.63) is 34.6 Å². The Morgan fingerprint density at radius 2 is 2.38 bits per heavy atom. The van der Waals surface area contributed by atoms with Crippen LogP contribution in [0.2, 0.25) is 5.02 Å². The normalized spacial score (nSPS) is 22.3. The Balaban J connectivity index is 2.22. The van der Waals surface area contributed by atoms with Crippen molar-refractivity contribution in [2.24, 2.45) is 11.8 Å². The van der Waals surface area contributed by atoms with E-state index in [9.17, 15) is 4.39 Å². The average molecular weight is 245 g/mol. The lowest BCUT2D eigenvalue weighted by molar-refractivity contribution is 0.177. The molecule has 5 heteroatoms. The Morgan fingerprint density at radius 1 is 1.56 bits per heavy atom. The Hall–Kier alpha value is -0.680. The van der Waals surface area contributed by atoms with Crippen LogP contribution in [0.15, 0.2) is 18.2 Å². The summed E-state index contributed by atoms with van der Waals surface area (Å²) in [7, 11) is 0.